The van der Waals surface area contributed by atoms with Gasteiger partial charge in [-0.1, -0.05) is 5.21 Å². The summed E-state index contributed by atoms with van der Waals surface area (Å²) in [7, 11) is 1.69. The van der Waals surface area contributed by atoms with E-state index in [1.54, 1.807) is 13.2 Å². The highest BCUT2D eigenvalue weighted by atomic mass is 19.4. The lowest BCUT2D eigenvalue weighted by Crippen LogP contribution is -2.17. The Morgan fingerprint density at radius 2 is 1.89 bits per heavy atom. The number of hydrogen-bond donors (Lipinski definition) is 1. The molecule has 0 aliphatic heterocycles. The van der Waals surface area contributed by atoms with Gasteiger partial charge in [0.05, 0.1) is 11.9 Å². The first-order valence-corrected chi connectivity index (χ1v) is 4.94. The average molecular weight is 258 g/mol. The van der Waals surface area contributed by atoms with Gasteiger partial charge in [0.15, 0.2) is 5.82 Å². The minimum atomic E-state index is -4.69. The summed E-state index contributed by atoms with van der Waals surface area (Å²) in [5.74, 6) is 0.283. The quantitative estimate of drug-likeness (QED) is 0.917. The Labute approximate surface area is 100 Å². The Kier molecular flexibility index (Phi) is 3.09. The minimum Gasteiger partial charge on any atom is -0.406 e. The Morgan fingerprint density at radius 3 is 2.39 bits per heavy atom. The van der Waals surface area contributed by atoms with Crippen LogP contribution in [0, 0.1) is 0 Å². The molecule has 0 atom stereocenters. The van der Waals surface area contributed by atoms with E-state index < -0.39 is 6.36 Å². The van der Waals surface area contributed by atoms with Crippen LogP contribution in [0.15, 0.2) is 30.5 Å². The molecule has 1 heterocycles. The Bertz CT molecular complexity index is 521. The van der Waals surface area contributed by atoms with Crippen molar-refractivity contribution in [3.63, 3.8) is 0 Å². The summed E-state index contributed by atoms with van der Waals surface area (Å²) in [5.41, 5.74) is 0.582. The predicted molar refractivity (Wildman–Crippen MR) is 57.6 cm³/mol. The summed E-state index contributed by atoms with van der Waals surface area (Å²) in [6.07, 6.45) is -3.08. The van der Waals surface area contributed by atoms with Crippen LogP contribution < -0.4 is 10.1 Å². The highest BCUT2D eigenvalue weighted by Gasteiger charge is 2.30. The molecule has 0 aliphatic rings. The monoisotopic (exact) mass is 258 g/mol. The van der Waals surface area contributed by atoms with Crippen molar-refractivity contribution in [1.82, 2.24) is 15.0 Å². The largest absolute Gasteiger partial charge is 0.573 e. The fourth-order valence-electron chi connectivity index (χ4n) is 1.31. The molecule has 96 valence electrons. The Hall–Kier alpha value is -2.25. The van der Waals surface area contributed by atoms with Crippen LogP contribution in [0.5, 0.6) is 5.75 Å². The van der Waals surface area contributed by atoms with E-state index in [-0.39, 0.29) is 5.75 Å². The number of halogens is 3. The first-order chi connectivity index (χ1) is 8.48. The average Bonchev–Trinajstić information content (AvgIpc) is 2.76. The van der Waals surface area contributed by atoms with Crippen molar-refractivity contribution in [2.75, 3.05) is 12.4 Å². The Morgan fingerprint density at radius 1 is 1.22 bits per heavy atom. The number of alkyl halides is 3. The van der Waals surface area contributed by atoms with Gasteiger partial charge in [-0.05, 0) is 24.3 Å². The molecule has 0 amide bonds. The van der Waals surface area contributed by atoms with Crippen LogP contribution >= 0.6 is 0 Å². The van der Waals surface area contributed by atoms with Crippen LogP contribution in [0.3, 0.4) is 0 Å². The van der Waals surface area contributed by atoms with Crippen molar-refractivity contribution in [3.05, 3.63) is 30.5 Å². The highest BCUT2D eigenvalue weighted by molar-refractivity contribution is 5.39. The fraction of sp³-hybridized carbons (Fsp3) is 0.200. The lowest BCUT2D eigenvalue weighted by atomic mass is 10.3. The number of benzene rings is 1. The lowest BCUT2D eigenvalue weighted by Gasteiger charge is -2.08. The summed E-state index contributed by atoms with van der Waals surface area (Å²) in [6, 6.07) is 5.33. The van der Waals surface area contributed by atoms with Crippen LogP contribution in [-0.2, 0) is 0 Å². The van der Waals surface area contributed by atoms with E-state index in [0.717, 1.165) is 0 Å². The van der Waals surface area contributed by atoms with E-state index in [4.69, 9.17) is 0 Å². The maximum Gasteiger partial charge on any atom is 0.573 e. The van der Waals surface area contributed by atoms with Crippen molar-refractivity contribution < 1.29 is 17.9 Å². The Balaban J connectivity index is 2.17. The lowest BCUT2D eigenvalue weighted by molar-refractivity contribution is -0.274. The smallest absolute Gasteiger partial charge is 0.406 e. The number of nitrogens with zero attached hydrogens (tertiary/aromatic N) is 3. The maximum absolute atomic E-state index is 12.0. The predicted octanol–water partition coefficient (Wildman–Crippen LogP) is 2.21. The van der Waals surface area contributed by atoms with Crippen molar-refractivity contribution in [1.29, 1.82) is 0 Å². The van der Waals surface area contributed by atoms with Gasteiger partial charge in [-0.2, -0.15) is 0 Å². The number of rotatable bonds is 3. The molecule has 0 radical (unpaired) electrons. The van der Waals surface area contributed by atoms with E-state index in [2.05, 4.69) is 20.4 Å². The van der Waals surface area contributed by atoms with Gasteiger partial charge in [-0.15, -0.1) is 18.3 Å². The van der Waals surface area contributed by atoms with Crippen LogP contribution in [0.2, 0.25) is 0 Å². The van der Waals surface area contributed by atoms with Crippen molar-refractivity contribution in [2.45, 2.75) is 6.36 Å². The van der Waals surface area contributed by atoms with E-state index >= 15 is 0 Å². The van der Waals surface area contributed by atoms with Gasteiger partial charge in [-0.25, -0.2) is 4.68 Å². The summed E-state index contributed by atoms with van der Waals surface area (Å²) in [6.45, 7) is 0. The highest BCUT2D eigenvalue weighted by Crippen LogP contribution is 2.23. The molecule has 2 rings (SSSR count). The molecule has 0 saturated heterocycles. The van der Waals surface area contributed by atoms with Gasteiger partial charge in [0.2, 0.25) is 0 Å². The molecule has 0 unspecified atom stereocenters. The molecule has 0 fully saturated rings. The second-order valence-corrected chi connectivity index (χ2v) is 3.34. The normalized spacial score (nSPS) is 11.3. The van der Waals surface area contributed by atoms with Crippen LogP contribution in [0.1, 0.15) is 0 Å². The molecule has 0 bridgehead atoms. The van der Waals surface area contributed by atoms with Gasteiger partial charge < -0.3 is 10.1 Å². The zero-order valence-electron chi connectivity index (χ0n) is 9.27. The molecule has 2 aromatic rings. The topological polar surface area (TPSA) is 52.0 Å². The second kappa shape index (κ2) is 4.55. The van der Waals surface area contributed by atoms with Gasteiger partial charge in [0.1, 0.15) is 5.75 Å². The molecular weight excluding hydrogens is 249 g/mol. The van der Waals surface area contributed by atoms with Crippen LogP contribution in [0.4, 0.5) is 19.0 Å². The molecule has 1 aromatic heterocycles. The zero-order chi connectivity index (χ0) is 13.2. The van der Waals surface area contributed by atoms with Crippen LogP contribution in [-0.4, -0.2) is 28.4 Å². The van der Waals surface area contributed by atoms with Crippen molar-refractivity contribution in [3.8, 4) is 11.4 Å². The van der Waals surface area contributed by atoms with E-state index in [9.17, 15) is 13.2 Å². The van der Waals surface area contributed by atoms with E-state index in [1.165, 1.54) is 28.9 Å². The first-order valence-electron chi connectivity index (χ1n) is 4.94. The van der Waals surface area contributed by atoms with Crippen LogP contribution in [0.25, 0.3) is 5.69 Å². The number of hydrogen-bond acceptors (Lipinski definition) is 4. The second-order valence-electron chi connectivity index (χ2n) is 3.34. The number of ether oxygens (including phenoxy) is 1. The standard InChI is InChI=1S/C10H9F3N4O/c1-14-9-6-17(16-15-9)7-2-4-8(5-3-7)18-10(11,12)13/h2-6,14H,1H3. The fourth-order valence-corrected chi connectivity index (χ4v) is 1.31. The minimum absolute atomic E-state index is 0.278. The molecule has 5 nitrogen and oxygen atoms in total. The zero-order valence-corrected chi connectivity index (χ0v) is 9.27. The third-order valence-electron chi connectivity index (χ3n) is 2.08. The summed E-state index contributed by atoms with van der Waals surface area (Å²) in [5, 5.41) is 10.4. The molecule has 1 aromatic carbocycles. The molecular formula is C10H9F3N4O. The summed E-state index contributed by atoms with van der Waals surface area (Å²) < 4.78 is 41.1. The van der Waals surface area contributed by atoms with E-state index in [0.29, 0.717) is 11.5 Å². The van der Waals surface area contributed by atoms with Gasteiger partial charge in [-0.3, -0.25) is 0 Å². The third kappa shape index (κ3) is 2.90. The molecule has 1 N–H and O–H groups in total. The SMILES string of the molecule is CNc1cn(-c2ccc(OC(F)(F)F)cc2)nn1. The molecule has 8 heteroatoms. The van der Waals surface area contributed by atoms with Gasteiger partial charge in [0, 0.05) is 7.05 Å². The van der Waals surface area contributed by atoms with Gasteiger partial charge >= 0.3 is 6.36 Å². The number of anilines is 1. The summed E-state index contributed by atoms with van der Waals surface area (Å²) in [4.78, 5) is 0. The van der Waals surface area contributed by atoms with Gasteiger partial charge in [0.25, 0.3) is 0 Å². The number of aromatic nitrogens is 3. The third-order valence-corrected chi connectivity index (χ3v) is 2.08. The molecule has 18 heavy (non-hydrogen) atoms. The first kappa shape index (κ1) is 12.2. The molecule has 0 spiro atoms. The van der Waals surface area contributed by atoms with Crippen molar-refractivity contribution >= 4 is 5.82 Å². The maximum atomic E-state index is 12.0. The molecule has 0 saturated carbocycles. The molecule has 0 aliphatic carbocycles. The van der Waals surface area contributed by atoms with E-state index in [1.807, 2.05) is 0 Å². The summed E-state index contributed by atoms with van der Waals surface area (Å²) >= 11 is 0. The van der Waals surface area contributed by atoms with Crippen molar-refractivity contribution in [2.24, 2.45) is 0 Å². The number of nitrogens with one attached hydrogen (secondary N) is 1.